The van der Waals surface area contributed by atoms with Crippen molar-refractivity contribution < 1.29 is 14.3 Å². The molecule has 1 saturated heterocycles. The summed E-state index contributed by atoms with van der Waals surface area (Å²) in [6.07, 6.45) is 13.4. The predicted octanol–water partition coefficient (Wildman–Crippen LogP) is 5.31. The van der Waals surface area contributed by atoms with Crippen molar-refractivity contribution in [1.82, 2.24) is 14.9 Å². The minimum Gasteiger partial charge on any atom is -0.444 e. The summed E-state index contributed by atoms with van der Waals surface area (Å²) in [5.41, 5.74) is 1.93. The maximum absolute atomic E-state index is 12.9. The molecule has 0 radical (unpaired) electrons. The number of thiazole rings is 1. The first-order chi connectivity index (χ1) is 17.2. The monoisotopic (exact) mass is 507 g/mol. The van der Waals surface area contributed by atoms with Gasteiger partial charge in [0.2, 0.25) is 0 Å². The molecule has 8 nitrogen and oxygen atoms in total. The van der Waals surface area contributed by atoms with Gasteiger partial charge < -0.3 is 14.5 Å². The summed E-state index contributed by atoms with van der Waals surface area (Å²) in [5.74, 6) is 0.539. The molecule has 0 aromatic carbocycles. The second kappa shape index (κ2) is 11.1. The van der Waals surface area contributed by atoms with Gasteiger partial charge in [0.1, 0.15) is 11.4 Å². The molecule has 1 aliphatic heterocycles. The highest BCUT2D eigenvalue weighted by Gasteiger charge is 2.26. The van der Waals surface area contributed by atoms with Crippen molar-refractivity contribution in [2.24, 2.45) is 0 Å². The fourth-order valence-electron chi connectivity index (χ4n) is 3.93. The van der Waals surface area contributed by atoms with Crippen molar-refractivity contribution >= 4 is 39.9 Å². The number of aryl methyl sites for hydroxylation is 1. The Morgan fingerprint density at radius 3 is 2.58 bits per heavy atom. The van der Waals surface area contributed by atoms with E-state index in [9.17, 15) is 9.59 Å². The second-order valence-electron chi connectivity index (χ2n) is 9.65. The SMILES string of the molecule is CCc1sc(NC(=O)c2ccc(N3CCN(C(=O)OC(C)(C)C)CC3)nc2)nc1C1=CC=CCC=C1. The van der Waals surface area contributed by atoms with Crippen LogP contribution in [0.5, 0.6) is 0 Å². The second-order valence-corrected chi connectivity index (χ2v) is 10.7. The van der Waals surface area contributed by atoms with E-state index in [4.69, 9.17) is 9.72 Å². The van der Waals surface area contributed by atoms with E-state index in [1.54, 1.807) is 17.2 Å². The van der Waals surface area contributed by atoms with E-state index in [-0.39, 0.29) is 12.0 Å². The molecule has 2 aromatic rings. The van der Waals surface area contributed by atoms with Crippen molar-refractivity contribution in [3.8, 4) is 0 Å². The molecular formula is C27H33N5O3S. The molecule has 0 bridgehead atoms. The molecule has 2 aromatic heterocycles. The molecule has 3 heterocycles. The highest BCUT2D eigenvalue weighted by molar-refractivity contribution is 7.16. The number of aromatic nitrogens is 2. The van der Waals surface area contributed by atoms with Gasteiger partial charge in [-0.1, -0.05) is 37.3 Å². The Balaban J connectivity index is 1.36. The van der Waals surface area contributed by atoms with E-state index in [2.05, 4.69) is 46.4 Å². The minimum atomic E-state index is -0.509. The number of hydrogen-bond donors (Lipinski definition) is 1. The highest BCUT2D eigenvalue weighted by atomic mass is 32.1. The van der Waals surface area contributed by atoms with E-state index in [1.165, 1.54) is 11.3 Å². The van der Waals surface area contributed by atoms with Crippen molar-refractivity contribution in [3.63, 3.8) is 0 Å². The Bertz CT molecular complexity index is 1180. The Morgan fingerprint density at radius 2 is 1.92 bits per heavy atom. The molecule has 2 amide bonds. The highest BCUT2D eigenvalue weighted by Crippen LogP contribution is 2.30. The molecule has 9 heteroatoms. The first-order valence-electron chi connectivity index (χ1n) is 12.3. The molecule has 0 spiro atoms. The lowest BCUT2D eigenvalue weighted by molar-refractivity contribution is 0.0240. The predicted molar refractivity (Wildman–Crippen MR) is 145 cm³/mol. The molecule has 1 fully saturated rings. The van der Waals surface area contributed by atoms with Crippen LogP contribution in [0.1, 0.15) is 55.0 Å². The number of nitrogens with zero attached hydrogens (tertiary/aromatic N) is 4. The fourth-order valence-corrected chi connectivity index (χ4v) is 4.85. The summed E-state index contributed by atoms with van der Waals surface area (Å²) >= 11 is 1.50. The van der Waals surface area contributed by atoms with Gasteiger partial charge in [0.05, 0.1) is 11.3 Å². The van der Waals surface area contributed by atoms with Crippen LogP contribution in [0.25, 0.3) is 5.57 Å². The quantitative estimate of drug-likeness (QED) is 0.590. The zero-order valence-electron chi connectivity index (χ0n) is 21.3. The Labute approximate surface area is 216 Å². The van der Waals surface area contributed by atoms with Crippen LogP contribution >= 0.6 is 11.3 Å². The van der Waals surface area contributed by atoms with Crippen LogP contribution in [0.4, 0.5) is 15.7 Å². The van der Waals surface area contributed by atoms with Gasteiger partial charge in [-0.3, -0.25) is 10.1 Å². The number of carbonyl (C=O) groups is 2. The molecular weight excluding hydrogens is 474 g/mol. The van der Waals surface area contributed by atoms with Gasteiger partial charge in [0.25, 0.3) is 5.91 Å². The molecule has 0 unspecified atom stereocenters. The molecule has 1 N–H and O–H groups in total. The number of amides is 2. The van der Waals surface area contributed by atoms with Crippen molar-refractivity contribution in [3.05, 3.63) is 64.8 Å². The summed E-state index contributed by atoms with van der Waals surface area (Å²) in [6.45, 7) is 10.1. The van der Waals surface area contributed by atoms with Crippen LogP contribution in [0.2, 0.25) is 0 Å². The van der Waals surface area contributed by atoms with Crippen molar-refractivity contribution in [2.75, 3.05) is 36.4 Å². The molecule has 0 atom stereocenters. The summed E-state index contributed by atoms with van der Waals surface area (Å²) in [4.78, 5) is 39.3. The van der Waals surface area contributed by atoms with Crippen LogP contribution in [0.15, 0.2) is 48.7 Å². The fraction of sp³-hybridized carbons (Fsp3) is 0.407. The minimum absolute atomic E-state index is 0.239. The average Bonchev–Trinajstić information content (AvgIpc) is 3.07. The van der Waals surface area contributed by atoms with E-state index >= 15 is 0 Å². The number of anilines is 2. The lowest BCUT2D eigenvalue weighted by Crippen LogP contribution is -2.50. The van der Waals surface area contributed by atoms with Gasteiger partial charge in [-0.05, 0) is 45.7 Å². The van der Waals surface area contributed by atoms with Gasteiger partial charge in [-0.25, -0.2) is 14.8 Å². The number of carbonyl (C=O) groups excluding carboxylic acids is 2. The van der Waals surface area contributed by atoms with Gasteiger partial charge >= 0.3 is 6.09 Å². The van der Waals surface area contributed by atoms with Crippen LogP contribution in [0, 0.1) is 0 Å². The normalized spacial score (nSPS) is 15.9. The Morgan fingerprint density at radius 1 is 1.14 bits per heavy atom. The number of ether oxygens (including phenoxy) is 1. The third-order valence-electron chi connectivity index (χ3n) is 5.76. The maximum Gasteiger partial charge on any atom is 0.410 e. The van der Waals surface area contributed by atoms with Crippen LogP contribution < -0.4 is 10.2 Å². The average molecular weight is 508 g/mol. The summed E-state index contributed by atoms with van der Waals surface area (Å²) in [5, 5.41) is 3.51. The van der Waals surface area contributed by atoms with Crippen molar-refractivity contribution in [1.29, 1.82) is 0 Å². The number of piperazine rings is 1. The number of pyridine rings is 1. The standard InChI is InChI=1S/C27H33N5O3S/c1-5-21-23(19-10-8-6-7-9-11-19)29-25(36-21)30-24(33)20-12-13-22(28-18-20)31-14-16-32(17-15-31)26(34)35-27(2,3)4/h6,8-13,18H,5,7,14-17H2,1-4H3,(H,29,30,33). The topological polar surface area (TPSA) is 87.7 Å². The number of hydrogen-bond acceptors (Lipinski definition) is 7. The Kier molecular flexibility index (Phi) is 7.88. The van der Waals surface area contributed by atoms with Gasteiger partial charge in [0.15, 0.2) is 5.13 Å². The zero-order valence-corrected chi connectivity index (χ0v) is 22.1. The van der Waals surface area contributed by atoms with E-state index in [0.717, 1.165) is 34.8 Å². The Hall–Kier alpha value is -3.46. The number of allylic oxidation sites excluding steroid dienone is 6. The van der Waals surface area contributed by atoms with E-state index in [0.29, 0.717) is 36.9 Å². The number of nitrogens with one attached hydrogen (secondary N) is 1. The van der Waals surface area contributed by atoms with Gasteiger partial charge in [-0.15, -0.1) is 11.3 Å². The third kappa shape index (κ3) is 6.40. The van der Waals surface area contributed by atoms with Crippen LogP contribution in [0.3, 0.4) is 0 Å². The smallest absolute Gasteiger partial charge is 0.410 e. The third-order valence-corrected chi connectivity index (χ3v) is 6.87. The molecule has 2 aliphatic rings. The van der Waals surface area contributed by atoms with Gasteiger partial charge in [0, 0.05) is 42.8 Å². The van der Waals surface area contributed by atoms with E-state index < -0.39 is 5.60 Å². The molecule has 36 heavy (non-hydrogen) atoms. The lowest BCUT2D eigenvalue weighted by atomic mass is 10.1. The van der Waals surface area contributed by atoms with Crippen molar-refractivity contribution in [2.45, 2.75) is 46.1 Å². The molecule has 1 aliphatic carbocycles. The maximum atomic E-state index is 12.9. The summed E-state index contributed by atoms with van der Waals surface area (Å²) in [6, 6.07) is 3.62. The number of rotatable bonds is 5. The van der Waals surface area contributed by atoms with E-state index in [1.807, 2.05) is 32.9 Å². The molecule has 0 saturated carbocycles. The summed E-state index contributed by atoms with van der Waals surface area (Å²) < 4.78 is 5.46. The largest absolute Gasteiger partial charge is 0.444 e. The van der Waals surface area contributed by atoms with Gasteiger partial charge in [-0.2, -0.15) is 0 Å². The molecule has 4 rings (SSSR count). The van der Waals surface area contributed by atoms with Crippen LogP contribution in [-0.4, -0.2) is 58.6 Å². The lowest BCUT2D eigenvalue weighted by Gasteiger charge is -2.36. The molecule has 190 valence electrons. The first kappa shape index (κ1) is 25.6. The van der Waals surface area contributed by atoms with Crippen LogP contribution in [-0.2, 0) is 11.2 Å². The first-order valence-corrected chi connectivity index (χ1v) is 13.1. The zero-order chi connectivity index (χ0) is 25.7. The summed E-state index contributed by atoms with van der Waals surface area (Å²) in [7, 11) is 0.